The van der Waals surface area contributed by atoms with Crippen LogP contribution in [-0.4, -0.2) is 52.6 Å². The third kappa shape index (κ3) is 3.63. The Morgan fingerprint density at radius 2 is 2.04 bits per heavy atom. The SMILES string of the molecule is CCCC(=O)N1C[C@@H]2CN(Cc3noc(C)n3)C[C@@H]2[C@@H]1c1ccc(OC)cc1. The molecule has 28 heavy (non-hydrogen) atoms. The fourth-order valence-electron chi connectivity index (χ4n) is 4.71. The summed E-state index contributed by atoms with van der Waals surface area (Å²) in [5.74, 6) is 3.32. The predicted molar refractivity (Wildman–Crippen MR) is 104 cm³/mol. The number of aromatic nitrogens is 2. The number of fused-ring (bicyclic) bond motifs is 1. The monoisotopic (exact) mass is 384 g/mol. The highest BCUT2D eigenvalue weighted by Gasteiger charge is 2.48. The number of likely N-dealkylation sites (tertiary alicyclic amines) is 2. The fourth-order valence-corrected chi connectivity index (χ4v) is 4.71. The van der Waals surface area contributed by atoms with Crippen molar-refractivity contribution in [3.05, 3.63) is 41.5 Å². The highest BCUT2D eigenvalue weighted by molar-refractivity contribution is 5.77. The quantitative estimate of drug-likeness (QED) is 0.763. The zero-order chi connectivity index (χ0) is 19.7. The Hall–Kier alpha value is -2.41. The van der Waals surface area contributed by atoms with Crippen LogP contribution >= 0.6 is 0 Å². The molecule has 2 saturated heterocycles. The topological polar surface area (TPSA) is 71.7 Å². The Morgan fingerprint density at radius 3 is 2.68 bits per heavy atom. The minimum Gasteiger partial charge on any atom is -0.497 e. The minimum absolute atomic E-state index is 0.118. The normalized spacial score (nSPS) is 24.5. The maximum Gasteiger partial charge on any atom is 0.223 e. The summed E-state index contributed by atoms with van der Waals surface area (Å²) in [5.41, 5.74) is 1.19. The van der Waals surface area contributed by atoms with Crippen molar-refractivity contribution < 1.29 is 14.1 Å². The molecule has 0 unspecified atom stereocenters. The first-order chi connectivity index (χ1) is 13.6. The van der Waals surface area contributed by atoms with Crippen LogP contribution < -0.4 is 4.74 Å². The number of benzene rings is 1. The molecule has 0 spiro atoms. The van der Waals surface area contributed by atoms with Crippen molar-refractivity contribution in [3.8, 4) is 5.75 Å². The standard InChI is InChI=1S/C21H28N4O3/c1-4-5-20(26)25-11-16-10-24(13-19-22-14(2)28-23-19)12-18(16)21(25)15-6-8-17(27-3)9-7-15/h6-9,16,18,21H,4-5,10-13H2,1-3H3/t16-,18-,21-/m0/s1. The third-order valence-corrected chi connectivity index (χ3v) is 5.92. The van der Waals surface area contributed by atoms with Crippen LogP contribution in [-0.2, 0) is 11.3 Å². The molecule has 2 fully saturated rings. The van der Waals surface area contributed by atoms with Crippen LogP contribution in [0.25, 0.3) is 0 Å². The maximum atomic E-state index is 12.8. The highest BCUT2D eigenvalue weighted by Crippen LogP contribution is 2.45. The minimum atomic E-state index is 0.118. The summed E-state index contributed by atoms with van der Waals surface area (Å²) in [6.45, 7) is 7.29. The van der Waals surface area contributed by atoms with Gasteiger partial charge in [-0.25, -0.2) is 0 Å². The van der Waals surface area contributed by atoms with Gasteiger partial charge in [-0.05, 0) is 30.0 Å². The van der Waals surface area contributed by atoms with Gasteiger partial charge < -0.3 is 14.2 Å². The van der Waals surface area contributed by atoms with E-state index in [0.29, 0.717) is 30.7 Å². The van der Waals surface area contributed by atoms with Crippen molar-refractivity contribution in [2.24, 2.45) is 11.8 Å². The molecule has 2 aromatic rings. The Kier molecular flexibility index (Phi) is 5.35. The lowest BCUT2D eigenvalue weighted by Gasteiger charge is -2.30. The van der Waals surface area contributed by atoms with E-state index in [0.717, 1.165) is 37.6 Å². The van der Waals surface area contributed by atoms with Crippen LogP contribution in [0.3, 0.4) is 0 Å². The average molecular weight is 384 g/mol. The number of aryl methyl sites for hydroxylation is 1. The molecule has 0 radical (unpaired) electrons. The van der Waals surface area contributed by atoms with Crippen molar-refractivity contribution >= 4 is 5.91 Å². The first-order valence-corrected chi connectivity index (χ1v) is 10.0. The molecule has 2 aliphatic rings. The molecule has 0 aliphatic carbocycles. The third-order valence-electron chi connectivity index (χ3n) is 5.92. The van der Waals surface area contributed by atoms with Crippen LogP contribution in [0.5, 0.6) is 5.75 Å². The maximum absolute atomic E-state index is 12.8. The van der Waals surface area contributed by atoms with E-state index in [2.05, 4.69) is 39.0 Å². The second-order valence-electron chi connectivity index (χ2n) is 7.86. The summed E-state index contributed by atoms with van der Waals surface area (Å²) in [6.07, 6.45) is 1.49. The Labute approximate surface area is 165 Å². The number of rotatable bonds is 6. The van der Waals surface area contributed by atoms with Crippen LogP contribution in [0.1, 0.15) is 43.1 Å². The predicted octanol–water partition coefficient (Wildman–Crippen LogP) is 2.82. The first-order valence-electron chi connectivity index (χ1n) is 10.0. The van der Waals surface area contributed by atoms with Crippen molar-refractivity contribution in [3.63, 3.8) is 0 Å². The second-order valence-corrected chi connectivity index (χ2v) is 7.86. The number of hydrogen-bond acceptors (Lipinski definition) is 6. The van der Waals surface area contributed by atoms with E-state index < -0.39 is 0 Å². The largest absolute Gasteiger partial charge is 0.497 e. The number of amides is 1. The van der Waals surface area contributed by atoms with Gasteiger partial charge in [0.2, 0.25) is 11.8 Å². The molecule has 7 nitrogen and oxygen atoms in total. The number of hydrogen-bond donors (Lipinski definition) is 0. The number of methoxy groups -OCH3 is 1. The van der Waals surface area contributed by atoms with Gasteiger partial charge in [0.05, 0.1) is 19.7 Å². The van der Waals surface area contributed by atoms with Gasteiger partial charge >= 0.3 is 0 Å². The van der Waals surface area contributed by atoms with Crippen LogP contribution in [0.15, 0.2) is 28.8 Å². The summed E-state index contributed by atoms with van der Waals surface area (Å²) in [5, 5.41) is 4.03. The molecule has 2 aliphatic heterocycles. The van der Waals surface area contributed by atoms with Crippen LogP contribution in [0.4, 0.5) is 0 Å². The molecule has 150 valence electrons. The van der Waals surface area contributed by atoms with E-state index in [4.69, 9.17) is 9.26 Å². The zero-order valence-corrected chi connectivity index (χ0v) is 16.8. The highest BCUT2D eigenvalue weighted by atomic mass is 16.5. The Morgan fingerprint density at radius 1 is 1.25 bits per heavy atom. The number of nitrogens with zero attached hydrogens (tertiary/aromatic N) is 4. The van der Waals surface area contributed by atoms with E-state index in [1.54, 1.807) is 7.11 Å². The Balaban J connectivity index is 1.54. The van der Waals surface area contributed by atoms with E-state index in [1.807, 2.05) is 19.1 Å². The number of carbonyl (C=O) groups is 1. The first kappa shape index (κ1) is 18.9. The summed E-state index contributed by atoms with van der Waals surface area (Å²) >= 11 is 0. The smallest absolute Gasteiger partial charge is 0.223 e. The van der Waals surface area contributed by atoms with Gasteiger partial charge in [-0.15, -0.1) is 0 Å². The lowest BCUT2D eigenvalue weighted by molar-refractivity contribution is -0.132. The van der Waals surface area contributed by atoms with Crippen molar-refractivity contribution in [1.29, 1.82) is 0 Å². The summed E-state index contributed by atoms with van der Waals surface area (Å²) < 4.78 is 10.4. The van der Waals surface area contributed by atoms with Gasteiger partial charge in [0, 0.05) is 38.9 Å². The molecule has 1 aromatic heterocycles. The molecule has 0 saturated carbocycles. The summed E-state index contributed by atoms with van der Waals surface area (Å²) in [6, 6.07) is 8.29. The van der Waals surface area contributed by atoms with Crippen molar-refractivity contribution in [1.82, 2.24) is 19.9 Å². The molecule has 7 heteroatoms. The molecule has 3 atom stereocenters. The lowest BCUT2D eigenvalue weighted by atomic mass is 9.89. The average Bonchev–Trinajstić information content (AvgIpc) is 3.36. The number of carbonyl (C=O) groups excluding carboxylic acids is 1. The van der Waals surface area contributed by atoms with Gasteiger partial charge in [-0.2, -0.15) is 4.98 Å². The van der Waals surface area contributed by atoms with E-state index in [9.17, 15) is 4.79 Å². The molecular weight excluding hydrogens is 356 g/mol. The summed E-state index contributed by atoms with van der Waals surface area (Å²) in [4.78, 5) is 21.6. The number of ether oxygens (including phenoxy) is 1. The molecular formula is C21H28N4O3. The zero-order valence-electron chi connectivity index (χ0n) is 16.8. The second kappa shape index (κ2) is 7.91. The molecule has 3 heterocycles. The van der Waals surface area contributed by atoms with Crippen LogP contribution in [0.2, 0.25) is 0 Å². The van der Waals surface area contributed by atoms with Crippen molar-refractivity contribution in [2.75, 3.05) is 26.7 Å². The Bertz CT molecular complexity index is 819. The lowest BCUT2D eigenvalue weighted by Crippen LogP contribution is -2.35. The van der Waals surface area contributed by atoms with Gasteiger partial charge in [-0.3, -0.25) is 9.69 Å². The van der Waals surface area contributed by atoms with E-state index >= 15 is 0 Å². The molecule has 1 amide bonds. The van der Waals surface area contributed by atoms with Crippen LogP contribution in [0, 0.1) is 18.8 Å². The molecule has 4 rings (SSSR count). The van der Waals surface area contributed by atoms with Crippen molar-refractivity contribution in [2.45, 2.75) is 39.3 Å². The van der Waals surface area contributed by atoms with E-state index in [1.165, 1.54) is 5.56 Å². The van der Waals surface area contributed by atoms with Gasteiger partial charge in [0.25, 0.3) is 0 Å². The fraction of sp³-hybridized carbons (Fsp3) is 0.571. The summed E-state index contributed by atoms with van der Waals surface area (Å²) in [7, 11) is 1.67. The molecule has 0 bridgehead atoms. The van der Waals surface area contributed by atoms with E-state index in [-0.39, 0.29) is 11.9 Å². The molecule has 1 aromatic carbocycles. The van der Waals surface area contributed by atoms with Gasteiger partial charge in [0.1, 0.15) is 5.75 Å². The van der Waals surface area contributed by atoms with Gasteiger partial charge in [0.15, 0.2) is 5.82 Å². The van der Waals surface area contributed by atoms with Gasteiger partial charge in [-0.1, -0.05) is 24.2 Å². The molecule has 0 N–H and O–H groups in total.